The summed E-state index contributed by atoms with van der Waals surface area (Å²) in [5, 5.41) is 17.2. The van der Waals surface area contributed by atoms with Gasteiger partial charge >= 0.3 is 0 Å². The average Bonchev–Trinajstić information content (AvgIpc) is 1.81. The van der Waals surface area contributed by atoms with Crippen molar-refractivity contribution in [1.29, 1.82) is 0 Å². The highest BCUT2D eigenvalue weighted by atomic mass is 28.3. The highest BCUT2D eigenvalue weighted by molar-refractivity contribution is 6.83. The molecule has 0 radical (unpaired) electrons. The van der Waals surface area contributed by atoms with Crippen LogP contribution in [0.2, 0.25) is 19.6 Å². The Bertz CT molecular complexity index is 149. The summed E-state index contributed by atoms with van der Waals surface area (Å²) in [5.41, 5.74) is 2.95. The molecule has 0 aromatic rings. The van der Waals surface area contributed by atoms with Gasteiger partial charge in [0, 0.05) is 0 Å². The SMILES string of the molecule is C[Si](C)(C)C#C[C@@H](O)CO. The van der Waals surface area contributed by atoms with Crippen molar-refractivity contribution in [2.75, 3.05) is 6.61 Å². The van der Waals surface area contributed by atoms with Crippen molar-refractivity contribution < 1.29 is 10.2 Å². The normalized spacial score (nSPS) is 13.7. The van der Waals surface area contributed by atoms with Gasteiger partial charge in [-0.25, -0.2) is 0 Å². The first-order valence-corrected chi connectivity index (χ1v) is 6.77. The van der Waals surface area contributed by atoms with Gasteiger partial charge in [-0.3, -0.25) is 0 Å². The zero-order valence-electron chi connectivity index (χ0n) is 6.68. The third-order valence-electron chi connectivity index (χ3n) is 0.787. The second-order valence-electron chi connectivity index (χ2n) is 3.22. The standard InChI is InChI=1S/C7H14O2Si/c1-10(2,3)5-4-7(9)6-8/h7-9H,6H2,1-3H3/t7-/m1/s1. The fourth-order valence-electron chi connectivity index (χ4n) is 0.345. The lowest BCUT2D eigenvalue weighted by Gasteiger charge is -2.04. The van der Waals surface area contributed by atoms with Crippen LogP contribution >= 0.6 is 0 Å². The van der Waals surface area contributed by atoms with Crippen LogP contribution in [0.1, 0.15) is 0 Å². The predicted molar refractivity (Wildman–Crippen MR) is 44.2 cm³/mol. The van der Waals surface area contributed by atoms with Crippen LogP contribution in [0.15, 0.2) is 0 Å². The quantitative estimate of drug-likeness (QED) is 0.423. The molecule has 2 N–H and O–H groups in total. The number of aliphatic hydroxyl groups is 2. The van der Waals surface area contributed by atoms with Gasteiger partial charge in [-0.2, -0.15) is 0 Å². The van der Waals surface area contributed by atoms with Gasteiger partial charge < -0.3 is 10.2 Å². The molecule has 0 aromatic heterocycles. The predicted octanol–water partition coefficient (Wildman–Crippen LogP) is 0.220. The number of hydrogen-bond acceptors (Lipinski definition) is 2. The van der Waals surface area contributed by atoms with Gasteiger partial charge in [-0.15, -0.1) is 5.54 Å². The number of aliphatic hydroxyl groups excluding tert-OH is 2. The van der Waals surface area contributed by atoms with Crippen LogP contribution in [-0.2, 0) is 0 Å². The second-order valence-corrected chi connectivity index (χ2v) is 7.97. The first-order valence-electron chi connectivity index (χ1n) is 3.27. The van der Waals surface area contributed by atoms with Crippen LogP contribution in [0, 0.1) is 11.5 Å². The zero-order valence-corrected chi connectivity index (χ0v) is 7.68. The minimum Gasteiger partial charge on any atom is -0.393 e. The molecule has 0 aliphatic heterocycles. The molecule has 0 aromatic carbocycles. The van der Waals surface area contributed by atoms with Crippen molar-refractivity contribution in [2.24, 2.45) is 0 Å². The topological polar surface area (TPSA) is 40.5 Å². The number of rotatable bonds is 1. The van der Waals surface area contributed by atoms with E-state index in [4.69, 9.17) is 10.2 Å². The largest absolute Gasteiger partial charge is 0.393 e. The minimum atomic E-state index is -1.37. The maximum Gasteiger partial charge on any atom is 0.137 e. The fraction of sp³-hybridized carbons (Fsp3) is 0.714. The summed E-state index contributed by atoms with van der Waals surface area (Å²) in [7, 11) is -1.37. The zero-order chi connectivity index (χ0) is 8.20. The maximum atomic E-state index is 8.82. The lowest BCUT2D eigenvalue weighted by atomic mass is 10.4. The van der Waals surface area contributed by atoms with Crippen LogP contribution in [0.5, 0.6) is 0 Å². The Morgan fingerprint density at radius 3 is 2.20 bits per heavy atom. The lowest BCUT2D eigenvalue weighted by Crippen LogP contribution is -2.18. The van der Waals surface area contributed by atoms with E-state index in [1.807, 2.05) is 0 Å². The van der Waals surface area contributed by atoms with E-state index in [1.54, 1.807) is 0 Å². The van der Waals surface area contributed by atoms with Crippen molar-refractivity contribution in [3.63, 3.8) is 0 Å². The van der Waals surface area contributed by atoms with Crippen molar-refractivity contribution in [3.05, 3.63) is 0 Å². The Kier molecular flexibility index (Phi) is 3.65. The second kappa shape index (κ2) is 3.77. The molecule has 0 rings (SSSR count). The summed E-state index contributed by atoms with van der Waals surface area (Å²) < 4.78 is 0. The van der Waals surface area contributed by atoms with E-state index < -0.39 is 14.2 Å². The highest BCUT2D eigenvalue weighted by Crippen LogP contribution is 1.96. The molecule has 0 amide bonds. The van der Waals surface area contributed by atoms with Crippen molar-refractivity contribution >= 4 is 8.07 Å². The van der Waals surface area contributed by atoms with Gasteiger partial charge in [-0.05, 0) is 0 Å². The average molecular weight is 158 g/mol. The number of hydrogen-bond donors (Lipinski definition) is 2. The van der Waals surface area contributed by atoms with Crippen LogP contribution in [-0.4, -0.2) is 31.0 Å². The maximum absolute atomic E-state index is 8.82. The molecule has 3 heteroatoms. The molecule has 0 saturated carbocycles. The van der Waals surface area contributed by atoms with Gasteiger partial charge in [-0.1, -0.05) is 25.6 Å². The first-order chi connectivity index (χ1) is 4.45. The van der Waals surface area contributed by atoms with Crippen LogP contribution in [0.4, 0.5) is 0 Å². The van der Waals surface area contributed by atoms with E-state index in [0.717, 1.165) is 0 Å². The Morgan fingerprint density at radius 1 is 1.40 bits per heavy atom. The summed E-state index contributed by atoms with van der Waals surface area (Å²) >= 11 is 0. The van der Waals surface area contributed by atoms with E-state index in [1.165, 1.54) is 0 Å². The van der Waals surface area contributed by atoms with E-state index in [9.17, 15) is 0 Å². The van der Waals surface area contributed by atoms with Crippen LogP contribution < -0.4 is 0 Å². The van der Waals surface area contributed by atoms with Crippen molar-refractivity contribution in [1.82, 2.24) is 0 Å². The van der Waals surface area contributed by atoms with E-state index in [-0.39, 0.29) is 6.61 Å². The van der Waals surface area contributed by atoms with Gasteiger partial charge in [0.25, 0.3) is 0 Å². The van der Waals surface area contributed by atoms with Crippen LogP contribution in [0.3, 0.4) is 0 Å². The van der Waals surface area contributed by atoms with E-state index >= 15 is 0 Å². The third-order valence-corrected chi connectivity index (χ3v) is 1.68. The Morgan fingerprint density at radius 2 is 1.90 bits per heavy atom. The molecule has 58 valence electrons. The lowest BCUT2D eigenvalue weighted by molar-refractivity contribution is 0.138. The van der Waals surface area contributed by atoms with Gasteiger partial charge in [0.1, 0.15) is 14.2 Å². The van der Waals surface area contributed by atoms with E-state index in [0.29, 0.717) is 0 Å². The molecule has 0 aliphatic rings. The summed E-state index contributed by atoms with van der Waals surface area (Å²) in [4.78, 5) is 0. The molecular formula is C7H14O2Si. The molecule has 0 bridgehead atoms. The van der Waals surface area contributed by atoms with Gasteiger partial charge in [0.05, 0.1) is 6.61 Å². The minimum absolute atomic E-state index is 0.266. The van der Waals surface area contributed by atoms with E-state index in [2.05, 4.69) is 31.1 Å². The molecule has 0 saturated heterocycles. The highest BCUT2D eigenvalue weighted by Gasteiger charge is 2.07. The van der Waals surface area contributed by atoms with Gasteiger partial charge in [0.2, 0.25) is 0 Å². The third kappa shape index (κ3) is 5.83. The summed E-state index contributed by atoms with van der Waals surface area (Å²) in [6.07, 6.45) is -0.855. The fourth-order valence-corrected chi connectivity index (χ4v) is 0.945. The smallest absolute Gasteiger partial charge is 0.137 e. The Hall–Kier alpha value is -0.303. The van der Waals surface area contributed by atoms with Crippen molar-refractivity contribution in [2.45, 2.75) is 25.7 Å². The van der Waals surface area contributed by atoms with Gasteiger partial charge in [0.15, 0.2) is 0 Å². The molecule has 10 heavy (non-hydrogen) atoms. The Balaban J connectivity index is 3.91. The first kappa shape index (κ1) is 9.70. The summed E-state index contributed by atoms with van der Waals surface area (Å²) in [6, 6.07) is 0. The monoisotopic (exact) mass is 158 g/mol. The molecule has 0 fully saturated rings. The molecule has 0 spiro atoms. The van der Waals surface area contributed by atoms with Crippen molar-refractivity contribution in [3.8, 4) is 11.5 Å². The molecule has 0 aliphatic carbocycles. The Labute approximate surface area is 62.9 Å². The molecule has 0 heterocycles. The summed E-state index contributed by atoms with van der Waals surface area (Å²) in [5.74, 6) is 2.59. The molecule has 1 atom stereocenters. The molecular weight excluding hydrogens is 144 g/mol. The summed E-state index contributed by atoms with van der Waals surface area (Å²) in [6.45, 7) is 6.00. The molecule has 2 nitrogen and oxygen atoms in total. The van der Waals surface area contributed by atoms with Crippen LogP contribution in [0.25, 0.3) is 0 Å². The molecule has 0 unspecified atom stereocenters.